The number of hydrogen-bond acceptors (Lipinski definition) is 3. The second kappa shape index (κ2) is 4.05. The maximum atomic E-state index is 5.97. The summed E-state index contributed by atoms with van der Waals surface area (Å²) in [5.74, 6) is 2.61. The molecule has 2 atom stereocenters. The van der Waals surface area contributed by atoms with Crippen molar-refractivity contribution in [3.8, 4) is 0 Å². The lowest BCUT2D eigenvalue weighted by Crippen LogP contribution is -2.55. The van der Waals surface area contributed by atoms with Crippen molar-refractivity contribution in [2.75, 3.05) is 5.73 Å². The summed E-state index contributed by atoms with van der Waals surface area (Å²) in [6.45, 7) is 7.20. The predicted molar refractivity (Wildman–Crippen MR) is 83.8 cm³/mol. The highest BCUT2D eigenvalue weighted by atomic mass is 16.5. The van der Waals surface area contributed by atoms with Gasteiger partial charge in [0.15, 0.2) is 5.82 Å². The van der Waals surface area contributed by atoms with E-state index in [0.717, 1.165) is 30.1 Å². The Labute approximate surface area is 127 Å². The first kappa shape index (κ1) is 13.7. The monoisotopic (exact) mass is 288 g/mol. The minimum absolute atomic E-state index is 0.443. The minimum Gasteiger partial charge on any atom is -0.381 e. The Morgan fingerprint density at radius 3 is 2.38 bits per heavy atom. The van der Waals surface area contributed by atoms with Crippen molar-refractivity contribution in [2.24, 2.45) is 22.2 Å². The molecule has 2 N–H and O–H groups in total. The van der Waals surface area contributed by atoms with Crippen molar-refractivity contribution < 1.29 is 4.52 Å². The molecule has 5 rings (SSSR count). The number of nitrogen functional groups attached to an aromatic ring is 1. The smallest absolute Gasteiger partial charge is 0.170 e. The van der Waals surface area contributed by atoms with Crippen LogP contribution < -0.4 is 5.73 Å². The van der Waals surface area contributed by atoms with E-state index in [1.807, 2.05) is 0 Å². The maximum absolute atomic E-state index is 5.97. The fraction of sp³-hybridized carbons (Fsp3) is 0.833. The van der Waals surface area contributed by atoms with E-state index in [4.69, 9.17) is 10.3 Å². The molecular formula is C18H28N2O. The molecule has 0 radical (unpaired) electrons. The number of nitrogens with two attached hydrogens (primary N) is 1. The molecule has 2 unspecified atom stereocenters. The third kappa shape index (κ3) is 2.03. The highest BCUT2D eigenvalue weighted by Gasteiger charge is 2.60. The number of aromatic nitrogens is 1. The van der Waals surface area contributed by atoms with Crippen molar-refractivity contribution >= 4 is 5.82 Å². The van der Waals surface area contributed by atoms with Gasteiger partial charge in [-0.2, -0.15) is 0 Å². The zero-order valence-corrected chi connectivity index (χ0v) is 13.7. The largest absolute Gasteiger partial charge is 0.381 e. The van der Waals surface area contributed by atoms with Crippen LogP contribution in [0.1, 0.15) is 70.6 Å². The van der Waals surface area contributed by atoms with Crippen LogP contribution in [-0.4, -0.2) is 5.16 Å². The molecule has 1 heterocycles. The van der Waals surface area contributed by atoms with Crippen molar-refractivity contribution in [1.82, 2.24) is 5.16 Å². The number of hydrogen-bond donors (Lipinski definition) is 1. The van der Waals surface area contributed by atoms with Crippen LogP contribution in [0.3, 0.4) is 0 Å². The summed E-state index contributed by atoms with van der Waals surface area (Å²) in [7, 11) is 0. The van der Waals surface area contributed by atoms with E-state index in [2.05, 4.69) is 25.9 Å². The van der Waals surface area contributed by atoms with Gasteiger partial charge in [0.05, 0.1) is 0 Å². The van der Waals surface area contributed by atoms with Gasteiger partial charge in [-0.15, -0.1) is 0 Å². The summed E-state index contributed by atoms with van der Waals surface area (Å²) in [4.78, 5) is 0. The minimum atomic E-state index is 0.443. The molecule has 3 nitrogen and oxygen atoms in total. The zero-order chi connectivity index (χ0) is 14.9. The molecule has 1 aromatic heterocycles. The summed E-state index contributed by atoms with van der Waals surface area (Å²) >= 11 is 0. The van der Waals surface area contributed by atoms with E-state index in [0.29, 0.717) is 22.1 Å². The van der Waals surface area contributed by atoms with Crippen LogP contribution in [0.25, 0.3) is 0 Å². The molecule has 0 aromatic carbocycles. The first-order valence-corrected chi connectivity index (χ1v) is 8.57. The first-order valence-electron chi connectivity index (χ1n) is 8.57. The second-order valence-electron chi connectivity index (χ2n) is 9.13. The molecule has 0 spiro atoms. The fourth-order valence-electron chi connectivity index (χ4n) is 7.10. The Hall–Kier alpha value is -0.990. The molecular weight excluding hydrogens is 260 g/mol. The van der Waals surface area contributed by atoms with Crippen LogP contribution in [0.5, 0.6) is 0 Å². The molecule has 0 saturated heterocycles. The third-order valence-electron chi connectivity index (χ3n) is 6.53. The molecule has 4 fully saturated rings. The fourth-order valence-corrected chi connectivity index (χ4v) is 7.10. The molecule has 3 heteroatoms. The summed E-state index contributed by atoms with van der Waals surface area (Å²) in [5.41, 5.74) is 8.69. The van der Waals surface area contributed by atoms with E-state index in [1.165, 1.54) is 38.5 Å². The Morgan fingerprint density at radius 1 is 1.14 bits per heavy atom. The van der Waals surface area contributed by atoms with Crippen molar-refractivity contribution in [1.29, 1.82) is 0 Å². The Bertz CT molecular complexity index is 558. The van der Waals surface area contributed by atoms with Gasteiger partial charge in [0.25, 0.3) is 0 Å². The van der Waals surface area contributed by atoms with Crippen molar-refractivity contribution in [2.45, 2.75) is 72.1 Å². The Balaban J connectivity index is 1.68. The molecule has 0 aliphatic heterocycles. The van der Waals surface area contributed by atoms with E-state index in [-0.39, 0.29) is 0 Å². The summed E-state index contributed by atoms with van der Waals surface area (Å²) < 4.78 is 5.62. The topological polar surface area (TPSA) is 52.0 Å². The quantitative estimate of drug-likeness (QED) is 0.899. The van der Waals surface area contributed by atoms with Crippen LogP contribution in [0.4, 0.5) is 5.82 Å². The van der Waals surface area contributed by atoms with Gasteiger partial charge >= 0.3 is 0 Å². The molecule has 4 saturated carbocycles. The second-order valence-corrected chi connectivity index (χ2v) is 9.13. The van der Waals surface area contributed by atoms with E-state index >= 15 is 0 Å². The Kier molecular flexibility index (Phi) is 2.64. The Morgan fingerprint density at radius 2 is 1.81 bits per heavy atom. The summed E-state index contributed by atoms with van der Waals surface area (Å²) in [6, 6.07) is 0. The average molecular weight is 288 g/mol. The lowest BCUT2D eigenvalue weighted by Gasteiger charge is -2.65. The van der Waals surface area contributed by atoms with Gasteiger partial charge in [0.2, 0.25) is 0 Å². The molecule has 4 aliphatic rings. The third-order valence-corrected chi connectivity index (χ3v) is 6.53. The molecule has 0 amide bonds. The molecule has 4 bridgehead atoms. The molecule has 21 heavy (non-hydrogen) atoms. The van der Waals surface area contributed by atoms with E-state index < -0.39 is 0 Å². The van der Waals surface area contributed by atoms with E-state index in [1.54, 1.807) is 0 Å². The van der Waals surface area contributed by atoms with E-state index in [9.17, 15) is 0 Å². The standard InChI is InChI=1S/C18H28N2O/c1-4-13-14(21-20-15(13)19)8-18-7-12-5-16(2,10-18)9-17(3,6-12)11-18/h12H,4-11H2,1-3H3,(H2,19,20). The van der Waals surface area contributed by atoms with Gasteiger partial charge < -0.3 is 10.3 Å². The van der Waals surface area contributed by atoms with Crippen molar-refractivity contribution in [3.63, 3.8) is 0 Å². The van der Waals surface area contributed by atoms with Gasteiger partial charge in [-0.3, -0.25) is 0 Å². The average Bonchev–Trinajstić information content (AvgIpc) is 2.64. The van der Waals surface area contributed by atoms with Gasteiger partial charge in [0, 0.05) is 12.0 Å². The lowest BCUT2D eigenvalue weighted by molar-refractivity contribution is -0.145. The molecule has 116 valence electrons. The molecule has 1 aromatic rings. The maximum Gasteiger partial charge on any atom is 0.170 e. The SMILES string of the molecule is CCc1c(N)noc1CC12CC3CC(C)(CC(C)(C3)C1)C2. The predicted octanol–water partition coefficient (Wildman–Crippen LogP) is 4.36. The summed E-state index contributed by atoms with van der Waals surface area (Å²) in [5, 5.41) is 4.02. The molecule has 4 aliphatic carbocycles. The van der Waals surface area contributed by atoms with Crippen molar-refractivity contribution in [3.05, 3.63) is 11.3 Å². The lowest BCUT2D eigenvalue weighted by atomic mass is 9.40. The number of rotatable bonds is 3. The van der Waals surface area contributed by atoms with Crippen LogP contribution in [0, 0.1) is 22.2 Å². The summed E-state index contributed by atoms with van der Waals surface area (Å²) in [6.07, 6.45) is 10.4. The normalized spacial score (nSPS) is 44.4. The highest BCUT2D eigenvalue weighted by Crippen LogP contribution is 2.70. The number of nitrogens with zero attached hydrogens (tertiary/aromatic N) is 1. The van der Waals surface area contributed by atoms with Crippen LogP contribution in [0.2, 0.25) is 0 Å². The number of anilines is 1. The van der Waals surface area contributed by atoms with Crippen LogP contribution in [0.15, 0.2) is 4.52 Å². The van der Waals surface area contributed by atoms with Crippen LogP contribution in [-0.2, 0) is 12.8 Å². The first-order chi connectivity index (χ1) is 9.84. The van der Waals surface area contributed by atoms with Gasteiger partial charge in [-0.25, -0.2) is 0 Å². The van der Waals surface area contributed by atoms with Gasteiger partial charge in [-0.05, 0) is 67.1 Å². The van der Waals surface area contributed by atoms with Gasteiger partial charge in [-0.1, -0.05) is 25.9 Å². The highest BCUT2D eigenvalue weighted by molar-refractivity contribution is 5.40. The van der Waals surface area contributed by atoms with Crippen LogP contribution >= 0.6 is 0 Å². The zero-order valence-electron chi connectivity index (χ0n) is 13.7. The van der Waals surface area contributed by atoms with Gasteiger partial charge in [0.1, 0.15) is 5.76 Å².